The van der Waals surface area contributed by atoms with Crippen molar-refractivity contribution in [1.82, 2.24) is 4.31 Å². The van der Waals surface area contributed by atoms with E-state index in [1.165, 1.54) is 0 Å². The molecule has 1 rings (SSSR count). The quantitative estimate of drug-likeness (QED) is 0.860. The minimum absolute atomic E-state index is 0.0433. The van der Waals surface area contributed by atoms with Gasteiger partial charge in [-0.2, -0.15) is 0 Å². The number of hydrogen-bond acceptors (Lipinski definition) is 2. The van der Waals surface area contributed by atoms with Gasteiger partial charge in [0.2, 0.25) is 5.91 Å². The molecule has 4 nitrogen and oxygen atoms in total. The second-order valence-corrected chi connectivity index (χ2v) is 9.21. The average Bonchev–Trinajstić information content (AvgIpc) is 2.45. The number of benzene rings is 1. The fraction of sp³-hybridized carbons (Fsp3) is 0.611. The minimum atomic E-state index is -1.24. The van der Waals surface area contributed by atoms with E-state index in [0.717, 1.165) is 5.69 Å². The molecule has 23 heavy (non-hydrogen) atoms. The summed E-state index contributed by atoms with van der Waals surface area (Å²) in [7, 11) is 0.536. The standard InChI is InChI=1S/C18H30N2O2S/c1-13(2)16(17(21)19-15-11-9-8-10-12-15)20(7)23(22)14(3)18(4,5)6/h8-14,16H,1-7H3,(H,19,21). The first-order chi connectivity index (χ1) is 10.6. The number of rotatable bonds is 6. The lowest BCUT2D eigenvalue weighted by molar-refractivity contribution is -0.120. The predicted molar refractivity (Wildman–Crippen MR) is 98.5 cm³/mol. The molecule has 0 aliphatic rings. The minimum Gasteiger partial charge on any atom is -0.325 e. The zero-order valence-electron chi connectivity index (χ0n) is 15.3. The number of nitrogens with one attached hydrogen (secondary N) is 1. The van der Waals surface area contributed by atoms with Gasteiger partial charge in [0, 0.05) is 12.7 Å². The van der Waals surface area contributed by atoms with Crippen molar-refractivity contribution < 1.29 is 9.00 Å². The summed E-state index contributed by atoms with van der Waals surface area (Å²) in [5.41, 5.74) is 0.669. The van der Waals surface area contributed by atoms with Crippen LogP contribution in [0.1, 0.15) is 41.5 Å². The summed E-state index contributed by atoms with van der Waals surface area (Å²) in [5, 5.41) is 2.88. The number of carbonyl (C=O) groups is 1. The van der Waals surface area contributed by atoms with Crippen molar-refractivity contribution in [3.05, 3.63) is 30.3 Å². The van der Waals surface area contributed by atoms with Gasteiger partial charge in [-0.3, -0.25) is 4.79 Å². The first-order valence-electron chi connectivity index (χ1n) is 8.05. The molecule has 1 N–H and O–H groups in total. The highest BCUT2D eigenvalue weighted by Gasteiger charge is 2.35. The van der Waals surface area contributed by atoms with Gasteiger partial charge in [0.25, 0.3) is 0 Å². The first kappa shape index (κ1) is 19.8. The van der Waals surface area contributed by atoms with Gasteiger partial charge in [-0.25, -0.2) is 8.51 Å². The highest BCUT2D eigenvalue weighted by atomic mass is 32.2. The number of carbonyl (C=O) groups excluding carboxylic acids is 1. The Hall–Kier alpha value is -1.20. The Bertz CT molecular complexity index is 538. The van der Waals surface area contributed by atoms with Gasteiger partial charge >= 0.3 is 0 Å². The van der Waals surface area contributed by atoms with Gasteiger partial charge in [-0.1, -0.05) is 52.8 Å². The Morgan fingerprint density at radius 3 is 2.09 bits per heavy atom. The van der Waals surface area contributed by atoms with Gasteiger partial charge in [0.05, 0.1) is 16.2 Å². The van der Waals surface area contributed by atoms with Gasteiger partial charge in [0.1, 0.15) is 6.04 Å². The second kappa shape index (κ2) is 8.06. The highest BCUT2D eigenvalue weighted by Crippen LogP contribution is 2.26. The van der Waals surface area contributed by atoms with Crippen molar-refractivity contribution in [1.29, 1.82) is 0 Å². The van der Waals surface area contributed by atoms with E-state index in [4.69, 9.17) is 0 Å². The molecule has 0 radical (unpaired) electrons. The van der Waals surface area contributed by atoms with Crippen LogP contribution in [-0.4, -0.2) is 32.8 Å². The third kappa shape index (κ3) is 5.43. The van der Waals surface area contributed by atoms with E-state index in [9.17, 15) is 9.00 Å². The fourth-order valence-electron chi connectivity index (χ4n) is 2.29. The zero-order valence-corrected chi connectivity index (χ0v) is 16.1. The van der Waals surface area contributed by atoms with Crippen molar-refractivity contribution >= 4 is 22.6 Å². The Morgan fingerprint density at radius 2 is 1.65 bits per heavy atom. The van der Waals surface area contributed by atoms with E-state index in [2.05, 4.69) is 26.1 Å². The van der Waals surface area contributed by atoms with Crippen molar-refractivity contribution in [2.75, 3.05) is 12.4 Å². The van der Waals surface area contributed by atoms with Crippen LogP contribution in [0, 0.1) is 11.3 Å². The van der Waals surface area contributed by atoms with E-state index in [1.54, 1.807) is 11.4 Å². The molecule has 130 valence electrons. The van der Waals surface area contributed by atoms with Crippen LogP contribution in [0.4, 0.5) is 5.69 Å². The van der Waals surface area contributed by atoms with E-state index >= 15 is 0 Å². The summed E-state index contributed by atoms with van der Waals surface area (Å²) >= 11 is 0. The molecule has 1 aromatic carbocycles. The van der Waals surface area contributed by atoms with Crippen LogP contribution in [0.15, 0.2) is 30.3 Å². The monoisotopic (exact) mass is 338 g/mol. The number of para-hydroxylation sites is 1. The molecule has 0 heterocycles. The molecule has 5 heteroatoms. The third-order valence-corrected chi connectivity index (χ3v) is 6.25. The van der Waals surface area contributed by atoms with E-state index in [0.29, 0.717) is 0 Å². The lowest BCUT2D eigenvalue weighted by Crippen LogP contribution is -2.49. The summed E-state index contributed by atoms with van der Waals surface area (Å²) in [5.74, 6) is -0.0667. The number of nitrogens with zero attached hydrogens (tertiary/aromatic N) is 1. The Labute approximate surface area is 143 Å². The lowest BCUT2D eigenvalue weighted by atomic mass is 9.93. The predicted octanol–water partition coefficient (Wildman–Crippen LogP) is 3.68. The maximum atomic E-state index is 12.8. The maximum Gasteiger partial charge on any atom is 0.242 e. The van der Waals surface area contributed by atoms with Gasteiger partial charge in [-0.15, -0.1) is 0 Å². The number of hydrogen-bond donors (Lipinski definition) is 1. The van der Waals surface area contributed by atoms with Crippen LogP contribution in [0.5, 0.6) is 0 Å². The highest BCUT2D eigenvalue weighted by molar-refractivity contribution is 7.83. The Kier molecular flexibility index (Phi) is 6.96. The molecular weight excluding hydrogens is 308 g/mol. The van der Waals surface area contributed by atoms with Crippen LogP contribution in [0.3, 0.4) is 0 Å². The van der Waals surface area contributed by atoms with E-state index < -0.39 is 17.0 Å². The molecular formula is C18H30N2O2S. The zero-order chi connectivity index (χ0) is 17.8. The second-order valence-electron chi connectivity index (χ2n) is 7.37. The molecule has 0 aliphatic carbocycles. The van der Waals surface area contributed by atoms with Crippen LogP contribution in [-0.2, 0) is 15.8 Å². The molecule has 1 amide bonds. The molecule has 3 atom stereocenters. The number of anilines is 1. The molecule has 3 unspecified atom stereocenters. The topological polar surface area (TPSA) is 49.4 Å². The SMILES string of the molecule is CC(C)C(C(=O)Nc1ccccc1)N(C)S(=O)C(C)C(C)(C)C. The maximum absolute atomic E-state index is 12.8. The normalized spacial score (nSPS) is 16.2. The number of likely N-dealkylation sites (N-methyl/N-ethyl adjacent to an activating group) is 1. The molecule has 0 bridgehead atoms. The Balaban J connectivity index is 2.93. The molecule has 0 spiro atoms. The smallest absolute Gasteiger partial charge is 0.242 e. The first-order valence-corrected chi connectivity index (χ1v) is 9.22. The van der Waals surface area contributed by atoms with Crippen molar-refractivity contribution in [3.63, 3.8) is 0 Å². The lowest BCUT2D eigenvalue weighted by Gasteiger charge is -2.35. The molecule has 0 aliphatic heterocycles. The van der Waals surface area contributed by atoms with E-state index in [1.807, 2.05) is 51.1 Å². The third-order valence-electron chi connectivity index (χ3n) is 4.14. The van der Waals surface area contributed by atoms with Crippen LogP contribution >= 0.6 is 0 Å². The van der Waals surface area contributed by atoms with Gasteiger partial charge < -0.3 is 5.32 Å². The Morgan fingerprint density at radius 1 is 1.13 bits per heavy atom. The van der Waals surface area contributed by atoms with Crippen molar-refractivity contribution in [2.45, 2.75) is 52.8 Å². The fourth-order valence-corrected chi connectivity index (χ4v) is 3.96. The summed E-state index contributed by atoms with van der Waals surface area (Å²) in [6, 6.07) is 8.92. The van der Waals surface area contributed by atoms with Crippen LogP contribution < -0.4 is 5.32 Å². The summed E-state index contributed by atoms with van der Waals surface area (Å²) in [4.78, 5) is 12.7. The molecule has 0 aromatic heterocycles. The number of amides is 1. The summed E-state index contributed by atoms with van der Waals surface area (Å²) in [6.07, 6.45) is 0. The molecule has 1 aromatic rings. The van der Waals surface area contributed by atoms with E-state index in [-0.39, 0.29) is 22.5 Å². The van der Waals surface area contributed by atoms with Crippen LogP contribution in [0.2, 0.25) is 0 Å². The van der Waals surface area contributed by atoms with Crippen molar-refractivity contribution in [3.8, 4) is 0 Å². The average molecular weight is 339 g/mol. The van der Waals surface area contributed by atoms with Crippen molar-refractivity contribution in [2.24, 2.45) is 11.3 Å². The summed E-state index contributed by atoms with van der Waals surface area (Å²) in [6.45, 7) is 12.1. The molecule has 0 saturated heterocycles. The molecule has 0 saturated carbocycles. The molecule has 0 fully saturated rings. The summed E-state index contributed by atoms with van der Waals surface area (Å²) < 4.78 is 14.6. The van der Waals surface area contributed by atoms with Gasteiger partial charge in [0.15, 0.2) is 0 Å². The largest absolute Gasteiger partial charge is 0.325 e. The van der Waals surface area contributed by atoms with Gasteiger partial charge in [-0.05, 0) is 30.4 Å². The van der Waals surface area contributed by atoms with Crippen LogP contribution in [0.25, 0.3) is 0 Å².